The molecule has 2 heterocycles. The largest absolute Gasteiger partial charge is 0.366 e. The summed E-state index contributed by atoms with van der Waals surface area (Å²) in [7, 11) is 0. The van der Waals surface area contributed by atoms with E-state index in [2.05, 4.69) is 10.3 Å². The number of anilines is 1. The monoisotopic (exact) mass is 420 g/mol. The number of piperidine rings is 1. The number of aromatic nitrogens is 1. The molecule has 2 atom stereocenters. The van der Waals surface area contributed by atoms with Crippen molar-refractivity contribution in [2.24, 2.45) is 11.7 Å². The predicted molar refractivity (Wildman–Crippen MR) is 101 cm³/mol. The number of pyridine rings is 1. The summed E-state index contributed by atoms with van der Waals surface area (Å²) in [5.74, 6) is -6.98. The van der Waals surface area contributed by atoms with Crippen LogP contribution < -0.4 is 11.1 Å². The lowest BCUT2D eigenvalue weighted by atomic mass is 9.89. The first kappa shape index (κ1) is 21.3. The highest BCUT2D eigenvalue weighted by Gasteiger charge is 2.35. The van der Waals surface area contributed by atoms with E-state index in [0.717, 1.165) is 12.1 Å². The molecule has 0 spiro atoms. The van der Waals surface area contributed by atoms with E-state index in [1.54, 1.807) is 0 Å². The summed E-state index contributed by atoms with van der Waals surface area (Å²) in [6.07, 6.45) is 3.45. The van der Waals surface area contributed by atoms with Crippen LogP contribution in [0.15, 0.2) is 30.6 Å². The van der Waals surface area contributed by atoms with E-state index in [0.29, 0.717) is 12.8 Å². The lowest BCUT2D eigenvalue weighted by Gasteiger charge is -2.38. The fourth-order valence-corrected chi connectivity index (χ4v) is 3.45. The Balaban J connectivity index is 1.85. The lowest BCUT2D eigenvalue weighted by molar-refractivity contribution is -0.146. The Morgan fingerprint density at radius 1 is 1.10 bits per heavy atom. The Bertz CT molecular complexity index is 992. The number of primary amides is 1. The SMILES string of the molecule is C[C@H]1CC[C@H](c2cc(F)c(F)c(F)c2)N(C(=O)C(=O)Nc2cncc(C(N)=O)c2)C1. The van der Waals surface area contributed by atoms with Crippen molar-refractivity contribution < 1.29 is 27.6 Å². The minimum atomic E-state index is -1.60. The van der Waals surface area contributed by atoms with Crippen molar-refractivity contribution >= 4 is 23.4 Å². The van der Waals surface area contributed by atoms with Gasteiger partial charge < -0.3 is 16.0 Å². The molecule has 2 aromatic rings. The molecule has 0 saturated carbocycles. The van der Waals surface area contributed by atoms with Crippen LogP contribution in [0, 0.1) is 23.4 Å². The summed E-state index contributed by atoms with van der Waals surface area (Å²) in [6, 6.07) is 2.13. The molecular weight excluding hydrogens is 401 g/mol. The number of amides is 3. The Morgan fingerprint density at radius 2 is 1.77 bits per heavy atom. The number of likely N-dealkylation sites (tertiary alicyclic amines) is 1. The number of carbonyl (C=O) groups excluding carboxylic acids is 3. The summed E-state index contributed by atoms with van der Waals surface area (Å²) in [5, 5.41) is 2.34. The maximum Gasteiger partial charge on any atom is 0.313 e. The van der Waals surface area contributed by atoms with E-state index in [4.69, 9.17) is 5.73 Å². The van der Waals surface area contributed by atoms with E-state index in [9.17, 15) is 27.6 Å². The molecule has 3 amide bonds. The summed E-state index contributed by atoms with van der Waals surface area (Å²) in [6.45, 7) is 2.05. The number of benzene rings is 1. The Labute approximate surface area is 170 Å². The topological polar surface area (TPSA) is 105 Å². The fourth-order valence-electron chi connectivity index (χ4n) is 3.45. The van der Waals surface area contributed by atoms with Gasteiger partial charge in [-0.1, -0.05) is 6.92 Å². The van der Waals surface area contributed by atoms with E-state index in [1.807, 2.05) is 6.92 Å². The average molecular weight is 420 g/mol. The van der Waals surface area contributed by atoms with Crippen LogP contribution in [0.3, 0.4) is 0 Å². The highest BCUT2D eigenvalue weighted by atomic mass is 19.2. The molecule has 1 saturated heterocycles. The minimum Gasteiger partial charge on any atom is -0.366 e. The first-order chi connectivity index (χ1) is 14.2. The summed E-state index contributed by atoms with van der Waals surface area (Å²) in [5.41, 5.74) is 5.37. The molecule has 0 radical (unpaired) electrons. The smallest absolute Gasteiger partial charge is 0.313 e. The molecular formula is C20H19F3N4O3. The number of halogens is 3. The molecule has 0 unspecified atom stereocenters. The first-order valence-electron chi connectivity index (χ1n) is 9.18. The van der Waals surface area contributed by atoms with Crippen molar-refractivity contribution in [2.75, 3.05) is 11.9 Å². The van der Waals surface area contributed by atoms with Gasteiger partial charge >= 0.3 is 11.8 Å². The van der Waals surface area contributed by atoms with Crippen molar-refractivity contribution in [2.45, 2.75) is 25.8 Å². The van der Waals surface area contributed by atoms with Crippen molar-refractivity contribution in [1.29, 1.82) is 0 Å². The van der Waals surface area contributed by atoms with E-state index >= 15 is 0 Å². The van der Waals surface area contributed by atoms with Gasteiger partial charge in [0, 0.05) is 12.7 Å². The van der Waals surface area contributed by atoms with Gasteiger partial charge in [0.05, 0.1) is 23.5 Å². The van der Waals surface area contributed by atoms with Gasteiger partial charge in [-0.05, 0) is 42.5 Å². The zero-order valence-electron chi connectivity index (χ0n) is 16.0. The van der Waals surface area contributed by atoms with E-state index in [-0.39, 0.29) is 29.3 Å². The quantitative estimate of drug-likeness (QED) is 0.588. The normalized spacial score (nSPS) is 18.7. The third kappa shape index (κ3) is 4.42. The predicted octanol–water partition coefficient (Wildman–Crippen LogP) is 2.54. The van der Waals surface area contributed by atoms with Gasteiger partial charge in [-0.2, -0.15) is 0 Å². The molecule has 3 N–H and O–H groups in total. The molecule has 1 aromatic carbocycles. The van der Waals surface area contributed by atoms with Crippen LogP contribution in [0.4, 0.5) is 18.9 Å². The molecule has 1 aliphatic rings. The molecule has 10 heteroatoms. The molecule has 1 fully saturated rings. The highest BCUT2D eigenvalue weighted by molar-refractivity contribution is 6.39. The number of nitrogens with one attached hydrogen (secondary N) is 1. The second-order valence-corrected chi connectivity index (χ2v) is 7.24. The molecule has 0 bridgehead atoms. The number of nitrogens with zero attached hydrogens (tertiary/aromatic N) is 2. The van der Waals surface area contributed by atoms with Crippen LogP contribution in [-0.2, 0) is 9.59 Å². The van der Waals surface area contributed by atoms with Crippen molar-refractivity contribution in [3.63, 3.8) is 0 Å². The molecule has 1 aliphatic heterocycles. The fraction of sp³-hybridized carbons (Fsp3) is 0.300. The summed E-state index contributed by atoms with van der Waals surface area (Å²) < 4.78 is 40.7. The summed E-state index contributed by atoms with van der Waals surface area (Å²) >= 11 is 0. The zero-order chi connectivity index (χ0) is 22.0. The standard InChI is InChI=1S/C20H19F3N4O3/c1-10-2-3-16(11-5-14(21)17(23)15(22)6-11)27(9-10)20(30)19(29)26-13-4-12(18(24)28)7-25-8-13/h4-8,10,16H,2-3,9H2,1H3,(H2,24,28)(H,26,29)/t10-,16+/m0/s1. The second-order valence-electron chi connectivity index (χ2n) is 7.24. The number of rotatable bonds is 3. The summed E-state index contributed by atoms with van der Waals surface area (Å²) in [4.78, 5) is 41.6. The van der Waals surface area contributed by atoms with Gasteiger partial charge in [0.25, 0.3) is 0 Å². The van der Waals surface area contributed by atoms with E-state index < -0.39 is 41.2 Å². The van der Waals surface area contributed by atoms with Crippen molar-refractivity contribution in [1.82, 2.24) is 9.88 Å². The molecule has 7 nitrogen and oxygen atoms in total. The lowest BCUT2D eigenvalue weighted by Crippen LogP contribution is -2.46. The number of carbonyl (C=O) groups is 3. The van der Waals surface area contributed by atoms with Crippen LogP contribution in [0.5, 0.6) is 0 Å². The highest BCUT2D eigenvalue weighted by Crippen LogP contribution is 2.34. The third-order valence-corrected chi connectivity index (χ3v) is 4.94. The van der Waals surface area contributed by atoms with Crippen LogP contribution in [0.1, 0.15) is 41.7 Å². The molecule has 158 valence electrons. The maximum atomic E-state index is 13.7. The van der Waals surface area contributed by atoms with Gasteiger partial charge in [-0.15, -0.1) is 0 Å². The van der Waals surface area contributed by atoms with Crippen LogP contribution in [0.25, 0.3) is 0 Å². The van der Waals surface area contributed by atoms with Gasteiger partial charge in [0.2, 0.25) is 5.91 Å². The van der Waals surface area contributed by atoms with Gasteiger partial charge in [-0.3, -0.25) is 19.4 Å². The average Bonchev–Trinajstić information content (AvgIpc) is 2.71. The molecule has 30 heavy (non-hydrogen) atoms. The molecule has 0 aliphatic carbocycles. The van der Waals surface area contributed by atoms with E-state index in [1.165, 1.54) is 23.4 Å². The van der Waals surface area contributed by atoms with Crippen molar-refractivity contribution in [3.05, 3.63) is 59.2 Å². The molecule has 1 aromatic heterocycles. The van der Waals surface area contributed by atoms with Crippen LogP contribution >= 0.6 is 0 Å². The van der Waals surface area contributed by atoms with Gasteiger partial charge in [0.15, 0.2) is 17.5 Å². The first-order valence-corrected chi connectivity index (χ1v) is 9.18. The third-order valence-electron chi connectivity index (χ3n) is 4.94. The Morgan fingerprint density at radius 3 is 2.40 bits per heavy atom. The number of hydrogen-bond acceptors (Lipinski definition) is 4. The molecule has 3 rings (SSSR count). The second kappa shape index (κ2) is 8.52. The van der Waals surface area contributed by atoms with Crippen molar-refractivity contribution in [3.8, 4) is 0 Å². The zero-order valence-corrected chi connectivity index (χ0v) is 16.0. The Kier molecular flexibility index (Phi) is 6.04. The maximum absolute atomic E-state index is 13.7. The van der Waals surface area contributed by atoms with Gasteiger partial charge in [0.1, 0.15) is 0 Å². The Hall–Kier alpha value is -3.43. The van der Waals surface area contributed by atoms with Crippen LogP contribution in [-0.4, -0.2) is 34.2 Å². The minimum absolute atomic E-state index is 0.0435. The van der Waals surface area contributed by atoms with Crippen LogP contribution in [0.2, 0.25) is 0 Å². The number of hydrogen-bond donors (Lipinski definition) is 2. The van der Waals surface area contributed by atoms with Gasteiger partial charge in [-0.25, -0.2) is 13.2 Å². The number of nitrogens with two attached hydrogens (primary N) is 1.